The highest BCUT2D eigenvalue weighted by atomic mass is 16.3. The zero-order valence-corrected chi connectivity index (χ0v) is 10.3. The van der Waals surface area contributed by atoms with Crippen LogP contribution in [0.15, 0.2) is 36.4 Å². The second-order valence-electron chi connectivity index (χ2n) is 4.42. The summed E-state index contributed by atoms with van der Waals surface area (Å²) in [5.41, 5.74) is 0.290. The smallest absolute Gasteiger partial charge is 0.157 e. The number of rotatable bonds is 3. The topological polar surface area (TPSA) is 121 Å². The summed E-state index contributed by atoms with van der Waals surface area (Å²) in [5, 5.41) is 57.3. The summed E-state index contributed by atoms with van der Waals surface area (Å²) >= 11 is 0. The summed E-state index contributed by atoms with van der Waals surface area (Å²) in [4.78, 5) is 0. The van der Waals surface area contributed by atoms with Crippen molar-refractivity contribution in [3.63, 3.8) is 0 Å². The van der Waals surface area contributed by atoms with Crippen molar-refractivity contribution >= 4 is 0 Å². The van der Waals surface area contributed by atoms with E-state index in [1.165, 1.54) is 24.3 Å². The van der Waals surface area contributed by atoms with Crippen molar-refractivity contribution in [2.24, 2.45) is 0 Å². The standard InChI is InChI=1S/C14H14O6/c15-9-3-8(4-10(16)6-9)14(20)13(19)7-1-2-11(17)12(18)5-7/h1-6,13-20H. The molecule has 0 aliphatic heterocycles. The Morgan fingerprint density at radius 3 is 1.70 bits per heavy atom. The fourth-order valence-electron chi connectivity index (χ4n) is 1.88. The van der Waals surface area contributed by atoms with Gasteiger partial charge >= 0.3 is 0 Å². The molecule has 6 N–H and O–H groups in total. The van der Waals surface area contributed by atoms with Crippen molar-refractivity contribution in [1.82, 2.24) is 0 Å². The van der Waals surface area contributed by atoms with Gasteiger partial charge in [0, 0.05) is 6.07 Å². The number of aromatic hydroxyl groups is 4. The second kappa shape index (κ2) is 5.28. The van der Waals surface area contributed by atoms with E-state index in [0.717, 1.165) is 12.1 Å². The Labute approximate surface area is 114 Å². The van der Waals surface area contributed by atoms with E-state index in [4.69, 9.17) is 0 Å². The van der Waals surface area contributed by atoms with Crippen LogP contribution in [-0.4, -0.2) is 30.6 Å². The molecule has 2 aromatic rings. The van der Waals surface area contributed by atoms with Gasteiger partial charge in [-0.3, -0.25) is 0 Å². The molecule has 20 heavy (non-hydrogen) atoms. The Kier molecular flexibility index (Phi) is 3.69. The maximum absolute atomic E-state index is 10.0. The third-order valence-electron chi connectivity index (χ3n) is 2.91. The molecular weight excluding hydrogens is 264 g/mol. The molecule has 0 spiro atoms. The summed E-state index contributed by atoms with van der Waals surface area (Å²) in [6, 6.07) is 7.13. The first kappa shape index (κ1) is 14.0. The summed E-state index contributed by atoms with van der Waals surface area (Å²) in [6.45, 7) is 0. The zero-order valence-electron chi connectivity index (χ0n) is 10.3. The Balaban J connectivity index is 2.31. The molecule has 6 nitrogen and oxygen atoms in total. The fraction of sp³-hybridized carbons (Fsp3) is 0.143. The van der Waals surface area contributed by atoms with Gasteiger partial charge in [0.25, 0.3) is 0 Å². The normalized spacial score (nSPS) is 13.9. The molecule has 106 valence electrons. The SMILES string of the molecule is Oc1cc(O)cc(C(O)C(O)c2ccc(O)c(O)c2)c1. The van der Waals surface area contributed by atoms with Gasteiger partial charge in [0.05, 0.1) is 0 Å². The van der Waals surface area contributed by atoms with E-state index in [0.29, 0.717) is 0 Å². The van der Waals surface area contributed by atoms with Crippen LogP contribution in [0.3, 0.4) is 0 Å². The lowest BCUT2D eigenvalue weighted by Gasteiger charge is -2.19. The summed E-state index contributed by atoms with van der Waals surface area (Å²) in [6.07, 6.45) is -2.82. The Hall–Kier alpha value is -2.44. The van der Waals surface area contributed by atoms with E-state index >= 15 is 0 Å². The molecule has 2 rings (SSSR count). The first-order chi connectivity index (χ1) is 9.38. The molecule has 2 unspecified atom stereocenters. The molecule has 0 fully saturated rings. The van der Waals surface area contributed by atoms with Crippen molar-refractivity contribution in [3.8, 4) is 23.0 Å². The van der Waals surface area contributed by atoms with Gasteiger partial charge in [-0.05, 0) is 35.4 Å². The van der Waals surface area contributed by atoms with E-state index in [2.05, 4.69) is 0 Å². The van der Waals surface area contributed by atoms with E-state index < -0.39 is 18.0 Å². The van der Waals surface area contributed by atoms with Crippen molar-refractivity contribution in [2.45, 2.75) is 12.2 Å². The number of hydrogen-bond acceptors (Lipinski definition) is 6. The van der Waals surface area contributed by atoms with Crippen LogP contribution in [0.1, 0.15) is 23.3 Å². The van der Waals surface area contributed by atoms with Crippen LogP contribution in [0, 0.1) is 0 Å². The average Bonchev–Trinajstić information content (AvgIpc) is 2.39. The van der Waals surface area contributed by atoms with E-state index in [-0.39, 0.29) is 28.4 Å². The van der Waals surface area contributed by atoms with Crippen LogP contribution in [0.4, 0.5) is 0 Å². The van der Waals surface area contributed by atoms with E-state index in [1.807, 2.05) is 0 Å². The average molecular weight is 278 g/mol. The van der Waals surface area contributed by atoms with Crippen molar-refractivity contribution < 1.29 is 30.6 Å². The van der Waals surface area contributed by atoms with Crippen LogP contribution < -0.4 is 0 Å². The molecule has 2 aromatic carbocycles. The molecule has 0 aromatic heterocycles. The van der Waals surface area contributed by atoms with E-state index in [9.17, 15) is 30.6 Å². The predicted octanol–water partition coefficient (Wildman–Crippen LogP) is 1.28. The molecule has 0 bridgehead atoms. The summed E-state index contributed by atoms with van der Waals surface area (Å²) in [5.74, 6) is -1.27. The minimum atomic E-state index is -1.42. The first-order valence-electron chi connectivity index (χ1n) is 5.79. The number of hydrogen-bond donors (Lipinski definition) is 6. The third-order valence-corrected chi connectivity index (χ3v) is 2.91. The Morgan fingerprint density at radius 1 is 0.600 bits per heavy atom. The predicted molar refractivity (Wildman–Crippen MR) is 69.5 cm³/mol. The molecule has 0 radical (unpaired) electrons. The quantitative estimate of drug-likeness (QED) is 0.470. The van der Waals surface area contributed by atoms with Gasteiger partial charge in [0.2, 0.25) is 0 Å². The minimum absolute atomic E-state index is 0.113. The highest BCUT2D eigenvalue weighted by molar-refractivity contribution is 5.43. The monoisotopic (exact) mass is 278 g/mol. The lowest BCUT2D eigenvalue weighted by atomic mass is 9.97. The summed E-state index contributed by atoms with van der Waals surface area (Å²) < 4.78 is 0. The maximum Gasteiger partial charge on any atom is 0.157 e. The van der Waals surface area contributed by atoms with Crippen LogP contribution >= 0.6 is 0 Å². The number of aliphatic hydroxyl groups excluding tert-OH is 2. The fourth-order valence-corrected chi connectivity index (χ4v) is 1.88. The molecule has 0 aliphatic carbocycles. The highest BCUT2D eigenvalue weighted by Crippen LogP contribution is 2.35. The largest absolute Gasteiger partial charge is 0.508 e. The Morgan fingerprint density at radius 2 is 1.15 bits per heavy atom. The van der Waals surface area contributed by atoms with Crippen LogP contribution in [0.5, 0.6) is 23.0 Å². The minimum Gasteiger partial charge on any atom is -0.508 e. The molecule has 0 heterocycles. The van der Waals surface area contributed by atoms with Crippen LogP contribution in [-0.2, 0) is 0 Å². The molecule has 0 amide bonds. The molecule has 2 atom stereocenters. The molecular formula is C14H14O6. The number of phenols is 4. The maximum atomic E-state index is 10.0. The number of benzene rings is 2. The van der Waals surface area contributed by atoms with Crippen LogP contribution in [0.2, 0.25) is 0 Å². The Bertz CT molecular complexity index is 605. The molecule has 0 saturated heterocycles. The van der Waals surface area contributed by atoms with Gasteiger partial charge in [0.1, 0.15) is 23.7 Å². The molecule has 6 heteroatoms. The lowest BCUT2D eigenvalue weighted by molar-refractivity contribution is 0.0169. The second-order valence-corrected chi connectivity index (χ2v) is 4.42. The number of aliphatic hydroxyl groups is 2. The van der Waals surface area contributed by atoms with Gasteiger partial charge in [-0.25, -0.2) is 0 Å². The van der Waals surface area contributed by atoms with Gasteiger partial charge in [-0.2, -0.15) is 0 Å². The lowest BCUT2D eigenvalue weighted by Crippen LogP contribution is -2.10. The van der Waals surface area contributed by atoms with Gasteiger partial charge in [-0.1, -0.05) is 6.07 Å². The third kappa shape index (κ3) is 2.76. The van der Waals surface area contributed by atoms with E-state index in [1.54, 1.807) is 0 Å². The van der Waals surface area contributed by atoms with Crippen molar-refractivity contribution in [1.29, 1.82) is 0 Å². The molecule has 0 saturated carbocycles. The summed E-state index contributed by atoms with van der Waals surface area (Å²) in [7, 11) is 0. The number of phenolic OH excluding ortho intramolecular Hbond substituents is 4. The van der Waals surface area contributed by atoms with Crippen molar-refractivity contribution in [2.75, 3.05) is 0 Å². The van der Waals surface area contributed by atoms with Gasteiger partial charge < -0.3 is 30.6 Å². The zero-order chi connectivity index (χ0) is 14.9. The first-order valence-corrected chi connectivity index (χ1v) is 5.79. The van der Waals surface area contributed by atoms with Crippen molar-refractivity contribution in [3.05, 3.63) is 47.5 Å². The van der Waals surface area contributed by atoms with Gasteiger partial charge in [0.15, 0.2) is 11.5 Å². The van der Waals surface area contributed by atoms with Crippen LogP contribution in [0.25, 0.3) is 0 Å². The highest BCUT2D eigenvalue weighted by Gasteiger charge is 2.22. The molecule has 0 aliphatic rings. The van der Waals surface area contributed by atoms with Gasteiger partial charge in [-0.15, -0.1) is 0 Å².